The zero-order valence-corrected chi connectivity index (χ0v) is 9.40. The Morgan fingerprint density at radius 1 is 1.33 bits per heavy atom. The molecule has 0 radical (unpaired) electrons. The largest absolute Gasteiger partial charge is 0.417 e. The maximum absolute atomic E-state index is 12.4. The summed E-state index contributed by atoms with van der Waals surface area (Å²) in [6, 6.07) is 0.756. The highest BCUT2D eigenvalue weighted by atomic mass is 35.5. The number of aldehydes is 1. The third-order valence-electron chi connectivity index (χ3n) is 2.10. The Bertz CT molecular complexity index is 594. The van der Waals surface area contributed by atoms with Gasteiger partial charge in [-0.15, -0.1) is 0 Å². The molecule has 2 aromatic heterocycles. The second-order valence-corrected chi connectivity index (χ2v) is 3.77. The van der Waals surface area contributed by atoms with E-state index in [0.29, 0.717) is 12.5 Å². The maximum atomic E-state index is 12.4. The van der Waals surface area contributed by atoms with E-state index in [1.165, 1.54) is 12.4 Å². The van der Waals surface area contributed by atoms with E-state index in [4.69, 9.17) is 11.6 Å². The first kappa shape index (κ1) is 12.6. The first-order valence-corrected chi connectivity index (χ1v) is 5.02. The van der Waals surface area contributed by atoms with E-state index in [1.807, 2.05) is 0 Å². The normalized spacial score (nSPS) is 11.6. The highest BCUT2D eigenvalue weighted by molar-refractivity contribution is 6.32. The van der Waals surface area contributed by atoms with Crippen LogP contribution in [-0.2, 0) is 6.18 Å². The molecule has 0 unspecified atom stereocenters. The van der Waals surface area contributed by atoms with Crippen LogP contribution in [0.3, 0.4) is 0 Å². The molecule has 8 heteroatoms. The summed E-state index contributed by atoms with van der Waals surface area (Å²) in [7, 11) is 0. The van der Waals surface area contributed by atoms with Crippen LogP contribution in [0.25, 0.3) is 5.82 Å². The van der Waals surface area contributed by atoms with Crippen LogP contribution in [0, 0.1) is 0 Å². The van der Waals surface area contributed by atoms with Gasteiger partial charge in [0.1, 0.15) is 0 Å². The van der Waals surface area contributed by atoms with Crippen molar-refractivity contribution < 1.29 is 18.0 Å². The van der Waals surface area contributed by atoms with Crippen molar-refractivity contribution >= 4 is 17.9 Å². The Labute approximate surface area is 104 Å². The summed E-state index contributed by atoms with van der Waals surface area (Å²) in [6.07, 6.45) is -0.727. The van der Waals surface area contributed by atoms with Crippen LogP contribution in [0.1, 0.15) is 15.9 Å². The molecule has 0 fully saturated rings. The van der Waals surface area contributed by atoms with E-state index >= 15 is 0 Å². The number of alkyl halides is 3. The smallest absolute Gasteiger partial charge is 0.298 e. The van der Waals surface area contributed by atoms with Crippen molar-refractivity contribution in [3.8, 4) is 5.82 Å². The summed E-state index contributed by atoms with van der Waals surface area (Å²) in [5, 5.41) is 3.56. The molecule has 2 rings (SSSR count). The Kier molecular flexibility index (Phi) is 3.08. The molecule has 0 aliphatic carbocycles. The van der Waals surface area contributed by atoms with Gasteiger partial charge < -0.3 is 0 Å². The second kappa shape index (κ2) is 4.41. The van der Waals surface area contributed by atoms with Crippen LogP contribution in [0.2, 0.25) is 5.02 Å². The average molecular weight is 276 g/mol. The molecule has 0 N–H and O–H groups in total. The molecular weight excluding hydrogens is 271 g/mol. The molecule has 0 spiro atoms. The minimum atomic E-state index is -4.51. The van der Waals surface area contributed by atoms with Gasteiger partial charge in [-0.1, -0.05) is 11.6 Å². The highest BCUT2D eigenvalue weighted by Crippen LogP contribution is 2.31. The number of carbonyl (C=O) groups is 1. The van der Waals surface area contributed by atoms with Gasteiger partial charge in [0.25, 0.3) is 0 Å². The molecule has 0 aliphatic rings. The zero-order valence-electron chi connectivity index (χ0n) is 8.65. The molecule has 0 aromatic carbocycles. The minimum absolute atomic E-state index is 0.0257. The van der Waals surface area contributed by atoms with E-state index < -0.39 is 11.7 Å². The second-order valence-electron chi connectivity index (χ2n) is 3.36. The Balaban J connectivity index is 2.44. The summed E-state index contributed by atoms with van der Waals surface area (Å²) in [6.45, 7) is 0. The van der Waals surface area contributed by atoms with Gasteiger partial charge in [0.2, 0.25) is 0 Å². The number of hydrogen-bond donors (Lipinski definition) is 0. The van der Waals surface area contributed by atoms with Crippen molar-refractivity contribution in [1.82, 2.24) is 14.8 Å². The highest BCUT2D eigenvalue weighted by Gasteiger charge is 2.31. The Morgan fingerprint density at radius 2 is 2.06 bits per heavy atom. The number of hydrogen-bond acceptors (Lipinski definition) is 3. The molecule has 0 saturated heterocycles. The summed E-state index contributed by atoms with van der Waals surface area (Å²) >= 11 is 5.71. The fraction of sp³-hybridized carbons (Fsp3) is 0.100. The van der Waals surface area contributed by atoms with Crippen molar-refractivity contribution in [3.63, 3.8) is 0 Å². The van der Waals surface area contributed by atoms with E-state index in [0.717, 1.165) is 10.7 Å². The molecular formula is C10H5ClF3N3O. The van der Waals surface area contributed by atoms with E-state index in [9.17, 15) is 18.0 Å². The van der Waals surface area contributed by atoms with Crippen LogP contribution >= 0.6 is 11.6 Å². The van der Waals surface area contributed by atoms with Gasteiger partial charge in [-0.3, -0.25) is 4.79 Å². The predicted octanol–water partition coefficient (Wildman–Crippen LogP) is 2.75. The SMILES string of the molecule is O=Cc1cnn(-c2ncc(C(F)(F)F)cc2Cl)c1. The van der Waals surface area contributed by atoms with Crippen LogP contribution in [0.5, 0.6) is 0 Å². The van der Waals surface area contributed by atoms with E-state index in [-0.39, 0.29) is 16.4 Å². The number of pyridine rings is 1. The summed E-state index contributed by atoms with van der Waals surface area (Å²) in [5.41, 5.74) is -0.674. The first-order chi connectivity index (χ1) is 8.41. The van der Waals surface area contributed by atoms with Crippen LogP contribution in [-0.4, -0.2) is 21.1 Å². The van der Waals surface area contributed by atoms with E-state index in [1.54, 1.807) is 0 Å². The monoisotopic (exact) mass is 275 g/mol. The molecule has 0 aliphatic heterocycles. The van der Waals surface area contributed by atoms with Crippen molar-refractivity contribution in [3.05, 3.63) is 40.8 Å². The Morgan fingerprint density at radius 3 is 2.56 bits per heavy atom. The lowest BCUT2D eigenvalue weighted by atomic mass is 10.3. The van der Waals surface area contributed by atoms with Gasteiger partial charge in [0.05, 0.1) is 22.3 Å². The third kappa shape index (κ3) is 2.35. The average Bonchev–Trinajstić information content (AvgIpc) is 2.76. The lowest BCUT2D eigenvalue weighted by Gasteiger charge is -2.08. The lowest BCUT2D eigenvalue weighted by molar-refractivity contribution is -0.137. The van der Waals surface area contributed by atoms with Crippen molar-refractivity contribution in [2.75, 3.05) is 0 Å². The van der Waals surface area contributed by atoms with Crippen LogP contribution < -0.4 is 0 Å². The molecule has 4 nitrogen and oxygen atoms in total. The van der Waals surface area contributed by atoms with Crippen molar-refractivity contribution in [1.29, 1.82) is 0 Å². The van der Waals surface area contributed by atoms with Gasteiger partial charge in [0, 0.05) is 12.4 Å². The lowest BCUT2D eigenvalue weighted by Crippen LogP contribution is -2.07. The molecule has 0 saturated carbocycles. The molecule has 0 amide bonds. The molecule has 94 valence electrons. The molecule has 2 aromatic rings. The number of nitrogens with zero attached hydrogens (tertiary/aromatic N) is 3. The van der Waals surface area contributed by atoms with Gasteiger partial charge in [-0.05, 0) is 6.07 Å². The molecule has 0 atom stereocenters. The topological polar surface area (TPSA) is 47.8 Å². The minimum Gasteiger partial charge on any atom is -0.298 e. The third-order valence-corrected chi connectivity index (χ3v) is 2.38. The number of halogens is 4. The van der Waals surface area contributed by atoms with E-state index in [2.05, 4.69) is 10.1 Å². The molecule has 2 heterocycles. The summed E-state index contributed by atoms with van der Waals surface area (Å²) in [5.74, 6) is 0.0257. The fourth-order valence-corrected chi connectivity index (χ4v) is 1.52. The summed E-state index contributed by atoms with van der Waals surface area (Å²) < 4.78 is 38.3. The van der Waals surface area contributed by atoms with Gasteiger partial charge >= 0.3 is 6.18 Å². The molecule has 0 bridgehead atoms. The van der Waals surface area contributed by atoms with Crippen LogP contribution in [0.4, 0.5) is 13.2 Å². The van der Waals surface area contributed by atoms with Gasteiger partial charge in [0.15, 0.2) is 12.1 Å². The van der Waals surface area contributed by atoms with Crippen molar-refractivity contribution in [2.45, 2.75) is 6.18 Å². The fourth-order valence-electron chi connectivity index (χ4n) is 1.27. The zero-order chi connectivity index (χ0) is 13.3. The molecule has 18 heavy (non-hydrogen) atoms. The quantitative estimate of drug-likeness (QED) is 0.792. The number of carbonyl (C=O) groups excluding carboxylic acids is 1. The van der Waals surface area contributed by atoms with Gasteiger partial charge in [-0.2, -0.15) is 18.3 Å². The maximum Gasteiger partial charge on any atom is 0.417 e. The number of rotatable bonds is 2. The van der Waals surface area contributed by atoms with Gasteiger partial charge in [-0.25, -0.2) is 9.67 Å². The predicted molar refractivity (Wildman–Crippen MR) is 56.8 cm³/mol. The van der Waals surface area contributed by atoms with Crippen LogP contribution in [0.15, 0.2) is 24.7 Å². The Hall–Kier alpha value is -1.89. The number of aromatic nitrogens is 3. The summed E-state index contributed by atoms with van der Waals surface area (Å²) in [4.78, 5) is 14.1. The standard InChI is InChI=1S/C10H5ClF3N3O/c11-8-1-7(10(12,13)14)3-15-9(8)17-4-6(5-18)2-16-17/h1-5H. The van der Waals surface area contributed by atoms with Crippen molar-refractivity contribution in [2.24, 2.45) is 0 Å². The first-order valence-electron chi connectivity index (χ1n) is 4.65.